The topological polar surface area (TPSA) is 128 Å². The number of morpholine rings is 1. The number of nitrogens with zero attached hydrogens (tertiary/aromatic N) is 5. The first-order chi connectivity index (χ1) is 19.8. The van der Waals surface area contributed by atoms with E-state index in [0.717, 1.165) is 17.7 Å². The average molecular weight is 587 g/mol. The van der Waals surface area contributed by atoms with Gasteiger partial charge in [-0.05, 0) is 36.3 Å². The molecule has 0 radical (unpaired) electrons. The molecule has 0 unspecified atom stereocenters. The van der Waals surface area contributed by atoms with Crippen LogP contribution in [-0.2, 0) is 14.8 Å². The van der Waals surface area contributed by atoms with Gasteiger partial charge in [0.15, 0.2) is 17.3 Å². The van der Waals surface area contributed by atoms with E-state index in [1.807, 2.05) is 4.90 Å². The molecule has 1 saturated heterocycles. The maximum atomic E-state index is 13.3. The largest absolute Gasteiger partial charge is 0.493 e. The van der Waals surface area contributed by atoms with Crippen molar-refractivity contribution in [3.05, 3.63) is 54.1 Å². The van der Waals surface area contributed by atoms with Gasteiger partial charge in [-0.15, -0.1) is 0 Å². The molecule has 1 fully saturated rings. The van der Waals surface area contributed by atoms with Gasteiger partial charge in [0.2, 0.25) is 27.7 Å². The van der Waals surface area contributed by atoms with Gasteiger partial charge in [0, 0.05) is 44.0 Å². The van der Waals surface area contributed by atoms with E-state index in [-0.39, 0.29) is 18.0 Å². The molecule has 0 bridgehead atoms. The van der Waals surface area contributed by atoms with Crippen molar-refractivity contribution in [2.75, 3.05) is 70.9 Å². The highest BCUT2D eigenvalue weighted by Crippen LogP contribution is 2.40. The van der Waals surface area contributed by atoms with Crippen molar-refractivity contribution in [3.63, 3.8) is 0 Å². The highest BCUT2D eigenvalue weighted by molar-refractivity contribution is 7.89. The van der Waals surface area contributed by atoms with Crippen molar-refractivity contribution in [2.24, 2.45) is 0 Å². The average Bonchev–Trinajstić information content (AvgIpc) is 3.01. The Labute approximate surface area is 237 Å². The number of aromatic nitrogens is 3. The van der Waals surface area contributed by atoms with E-state index in [9.17, 15) is 12.8 Å². The number of anilines is 3. The summed E-state index contributed by atoms with van der Waals surface area (Å²) in [4.78, 5) is 16.1. The first-order valence-electron chi connectivity index (χ1n) is 12.9. The molecule has 0 spiro atoms. The Morgan fingerprint density at radius 2 is 1.61 bits per heavy atom. The lowest BCUT2D eigenvalue weighted by Crippen LogP contribution is -2.38. The number of sulfonamides is 1. The number of hydrogen-bond donors (Lipinski definition) is 1. The molecular formula is C27H31FN6O6S. The zero-order valence-electron chi connectivity index (χ0n) is 23.0. The molecule has 14 heteroatoms. The molecule has 0 atom stereocenters. The summed E-state index contributed by atoms with van der Waals surface area (Å²) in [6, 6.07) is 8.31. The van der Waals surface area contributed by atoms with Crippen LogP contribution in [0, 0.1) is 5.82 Å². The molecule has 3 aromatic rings. The molecule has 1 N–H and O–H groups in total. The van der Waals surface area contributed by atoms with Crippen LogP contribution in [0.4, 0.5) is 22.0 Å². The number of hydrogen-bond acceptors (Lipinski definition) is 11. The quantitative estimate of drug-likeness (QED) is 0.397. The highest BCUT2D eigenvalue weighted by atomic mass is 32.2. The van der Waals surface area contributed by atoms with Crippen molar-refractivity contribution in [3.8, 4) is 17.2 Å². The van der Waals surface area contributed by atoms with E-state index in [4.69, 9.17) is 23.9 Å². The number of rotatable bonds is 9. The van der Waals surface area contributed by atoms with Gasteiger partial charge in [-0.3, -0.25) is 0 Å². The molecule has 0 aliphatic carbocycles. The Hall–Kier alpha value is -4.01. The lowest BCUT2D eigenvalue weighted by atomic mass is 10.1. The summed E-state index contributed by atoms with van der Waals surface area (Å²) in [5, 5.41) is 3.22. The third kappa shape index (κ3) is 6.19. The molecule has 12 nitrogen and oxygen atoms in total. The van der Waals surface area contributed by atoms with Crippen LogP contribution in [0.5, 0.6) is 17.2 Å². The molecule has 2 aliphatic heterocycles. The fourth-order valence-corrected chi connectivity index (χ4v) is 5.96. The zero-order valence-corrected chi connectivity index (χ0v) is 23.8. The summed E-state index contributed by atoms with van der Waals surface area (Å²) in [6.07, 6.45) is 2.18. The fourth-order valence-electron chi connectivity index (χ4n) is 4.58. The van der Waals surface area contributed by atoms with E-state index < -0.39 is 15.8 Å². The van der Waals surface area contributed by atoms with Gasteiger partial charge in [0.1, 0.15) is 5.82 Å². The first kappa shape index (κ1) is 28.5. The van der Waals surface area contributed by atoms with Crippen molar-refractivity contribution >= 4 is 33.2 Å². The molecule has 0 amide bonds. The van der Waals surface area contributed by atoms with Gasteiger partial charge in [-0.1, -0.05) is 6.08 Å². The molecule has 41 heavy (non-hydrogen) atoms. The van der Waals surface area contributed by atoms with Crippen LogP contribution < -0.4 is 24.4 Å². The maximum Gasteiger partial charge on any atom is 0.243 e. The summed E-state index contributed by atoms with van der Waals surface area (Å²) in [6.45, 7) is 2.69. The third-order valence-corrected chi connectivity index (χ3v) is 8.63. The first-order valence-corrected chi connectivity index (χ1v) is 14.4. The van der Waals surface area contributed by atoms with Gasteiger partial charge in [0.05, 0.1) is 39.4 Å². The highest BCUT2D eigenvalue weighted by Gasteiger charge is 2.28. The SMILES string of the molecule is COc1cc(Nc2nc(C3=CCN(S(=O)(=O)c4ccc(F)cc4)CC3)nc(N3CCOCC3)n2)cc(OC)c1OC. The van der Waals surface area contributed by atoms with Crippen LogP contribution in [0.3, 0.4) is 0 Å². The van der Waals surface area contributed by atoms with Crippen LogP contribution >= 0.6 is 0 Å². The number of ether oxygens (including phenoxy) is 4. The molecule has 1 aromatic heterocycles. The van der Waals surface area contributed by atoms with Crippen molar-refractivity contribution in [2.45, 2.75) is 11.3 Å². The minimum atomic E-state index is -3.78. The number of methoxy groups -OCH3 is 3. The van der Waals surface area contributed by atoms with Gasteiger partial charge in [-0.25, -0.2) is 12.8 Å². The minimum absolute atomic E-state index is 0.0438. The molecule has 3 heterocycles. The second-order valence-corrected chi connectivity index (χ2v) is 11.2. The van der Waals surface area contributed by atoms with Crippen molar-refractivity contribution in [1.82, 2.24) is 19.3 Å². The lowest BCUT2D eigenvalue weighted by molar-refractivity contribution is 0.122. The predicted molar refractivity (Wildman–Crippen MR) is 150 cm³/mol. The molecule has 2 aromatic carbocycles. The summed E-state index contributed by atoms with van der Waals surface area (Å²) >= 11 is 0. The van der Waals surface area contributed by atoms with E-state index in [1.54, 1.807) is 18.2 Å². The summed E-state index contributed by atoms with van der Waals surface area (Å²) in [7, 11) is 0.826. The molecule has 5 rings (SSSR count). The Balaban J connectivity index is 1.45. The van der Waals surface area contributed by atoms with E-state index in [1.165, 1.54) is 37.8 Å². The minimum Gasteiger partial charge on any atom is -0.493 e. The van der Waals surface area contributed by atoms with Crippen LogP contribution in [0.25, 0.3) is 5.57 Å². The summed E-state index contributed by atoms with van der Waals surface area (Å²) < 4.78 is 62.7. The lowest BCUT2D eigenvalue weighted by Gasteiger charge is -2.28. The van der Waals surface area contributed by atoms with Crippen LogP contribution in [0.15, 0.2) is 47.4 Å². The predicted octanol–water partition coefficient (Wildman–Crippen LogP) is 3.09. The standard InChI is InChI=1S/C27H31FN6O6S/c1-37-22-16-20(17-23(38-2)24(22)39-3)29-26-30-25(31-27(32-26)33-12-14-40-15-13-33)18-8-10-34(11-9-18)41(35,36)21-6-4-19(28)5-7-21/h4-8,16-17H,9-15H2,1-3H3,(H,29,30,31,32). The molecule has 0 saturated carbocycles. The second kappa shape index (κ2) is 12.2. The van der Waals surface area contributed by atoms with Crippen LogP contribution in [0.1, 0.15) is 12.2 Å². The number of benzene rings is 2. The Morgan fingerprint density at radius 3 is 2.20 bits per heavy atom. The monoisotopic (exact) mass is 586 g/mol. The van der Waals surface area contributed by atoms with Gasteiger partial charge < -0.3 is 29.2 Å². The van der Waals surface area contributed by atoms with E-state index in [0.29, 0.717) is 73.4 Å². The number of nitrogens with one attached hydrogen (secondary N) is 1. The van der Waals surface area contributed by atoms with E-state index in [2.05, 4.69) is 15.3 Å². The Bertz CT molecular complexity index is 1500. The third-order valence-electron chi connectivity index (χ3n) is 6.75. The smallest absolute Gasteiger partial charge is 0.243 e. The van der Waals surface area contributed by atoms with Crippen molar-refractivity contribution < 1.29 is 31.8 Å². The fraction of sp³-hybridized carbons (Fsp3) is 0.370. The molecule has 2 aliphatic rings. The van der Waals surface area contributed by atoms with Gasteiger partial charge >= 0.3 is 0 Å². The van der Waals surface area contributed by atoms with Crippen LogP contribution in [0.2, 0.25) is 0 Å². The summed E-state index contributed by atoms with van der Waals surface area (Å²) in [5.41, 5.74) is 1.40. The Kier molecular flexibility index (Phi) is 8.52. The zero-order chi connectivity index (χ0) is 29.0. The summed E-state index contributed by atoms with van der Waals surface area (Å²) in [5.74, 6) is 2.12. The second-order valence-electron chi connectivity index (χ2n) is 9.22. The normalized spacial score (nSPS) is 16.2. The van der Waals surface area contributed by atoms with Gasteiger partial charge in [0.25, 0.3) is 0 Å². The van der Waals surface area contributed by atoms with E-state index >= 15 is 0 Å². The molecular weight excluding hydrogens is 555 g/mol. The number of halogens is 1. The van der Waals surface area contributed by atoms with Gasteiger partial charge in [-0.2, -0.15) is 19.3 Å². The Morgan fingerprint density at radius 1 is 0.927 bits per heavy atom. The maximum absolute atomic E-state index is 13.3. The van der Waals surface area contributed by atoms with Crippen molar-refractivity contribution in [1.29, 1.82) is 0 Å². The molecule has 218 valence electrons. The van der Waals surface area contributed by atoms with Crippen LogP contribution in [-0.4, -0.2) is 88.4 Å².